The molecule has 0 bridgehead atoms. The molecule has 1 aliphatic rings. The zero-order valence-electron chi connectivity index (χ0n) is 11.0. The topological polar surface area (TPSA) is 34.1 Å². The Labute approximate surface area is 127 Å². The van der Waals surface area contributed by atoms with Gasteiger partial charge < -0.3 is 0 Å². The molecule has 3 aromatic carbocycles. The fourth-order valence-corrected chi connectivity index (χ4v) is 2.79. The van der Waals surface area contributed by atoms with Gasteiger partial charge in [-0.05, 0) is 22.9 Å². The Balaban J connectivity index is 0.00000132. The highest BCUT2D eigenvalue weighted by atomic mass is 35.5. The van der Waals surface area contributed by atoms with Crippen LogP contribution in [-0.4, -0.2) is 11.6 Å². The minimum Gasteiger partial charge on any atom is -0.289 e. The number of halogens is 1. The van der Waals surface area contributed by atoms with Crippen molar-refractivity contribution in [1.29, 1.82) is 0 Å². The third kappa shape index (κ3) is 1.88. The number of ketones is 2. The lowest BCUT2D eigenvalue weighted by atomic mass is 9.83. The van der Waals surface area contributed by atoms with Gasteiger partial charge in [0, 0.05) is 22.3 Å². The Hall–Kier alpha value is -2.45. The maximum Gasteiger partial charge on any atom is 0.194 e. The summed E-state index contributed by atoms with van der Waals surface area (Å²) in [4.78, 5) is 25.1. The zero-order chi connectivity index (χ0) is 13.7. The molecule has 1 aliphatic carbocycles. The Kier molecular flexibility index (Phi) is 3.11. The standard InChI is InChI=1S/C18H10O2.ClH/c19-17-13-7-3-4-8-14(13)18(20)16-10-12-6-2-1-5-11(12)9-15(16)17;/h1-10H;1H. The zero-order valence-corrected chi connectivity index (χ0v) is 11.8. The summed E-state index contributed by atoms with van der Waals surface area (Å²) in [7, 11) is 0. The Bertz CT molecular complexity index is 823. The molecule has 0 amide bonds. The first-order chi connectivity index (χ1) is 9.75. The van der Waals surface area contributed by atoms with Crippen molar-refractivity contribution in [3.8, 4) is 0 Å². The number of carbonyl (C=O) groups excluding carboxylic acids is 2. The van der Waals surface area contributed by atoms with E-state index < -0.39 is 0 Å². The van der Waals surface area contributed by atoms with Gasteiger partial charge in [-0.2, -0.15) is 0 Å². The smallest absolute Gasteiger partial charge is 0.194 e. The van der Waals surface area contributed by atoms with Gasteiger partial charge in [-0.15, -0.1) is 12.4 Å². The largest absolute Gasteiger partial charge is 0.289 e. The van der Waals surface area contributed by atoms with E-state index in [4.69, 9.17) is 0 Å². The van der Waals surface area contributed by atoms with Gasteiger partial charge in [-0.3, -0.25) is 9.59 Å². The van der Waals surface area contributed by atoms with Crippen LogP contribution in [0.1, 0.15) is 31.8 Å². The Morgan fingerprint density at radius 2 is 0.905 bits per heavy atom. The maximum atomic E-state index is 12.5. The maximum absolute atomic E-state index is 12.5. The first-order valence-electron chi connectivity index (χ1n) is 6.47. The van der Waals surface area contributed by atoms with Crippen molar-refractivity contribution in [3.63, 3.8) is 0 Å². The van der Waals surface area contributed by atoms with E-state index in [0.29, 0.717) is 22.3 Å². The second kappa shape index (κ2) is 4.83. The van der Waals surface area contributed by atoms with Crippen molar-refractivity contribution >= 4 is 34.7 Å². The van der Waals surface area contributed by atoms with Crippen molar-refractivity contribution in [2.45, 2.75) is 0 Å². The monoisotopic (exact) mass is 294 g/mol. The minimum absolute atomic E-state index is 0. The lowest BCUT2D eigenvalue weighted by Crippen LogP contribution is -2.20. The van der Waals surface area contributed by atoms with Gasteiger partial charge in [0.05, 0.1) is 0 Å². The summed E-state index contributed by atoms with van der Waals surface area (Å²) >= 11 is 0. The fourth-order valence-electron chi connectivity index (χ4n) is 2.79. The molecule has 0 aliphatic heterocycles. The molecule has 0 atom stereocenters. The van der Waals surface area contributed by atoms with E-state index in [0.717, 1.165) is 10.8 Å². The number of benzene rings is 3. The number of fused-ring (bicyclic) bond motifs is 3. The molecule has 102 valence electrons. The molecule has 0 unspecified atom stereocenters. The van der Waals surface area contributed by atoms with Gasteiger partial charge in [0.2, 0.25) is 0 Å². The molecule has 3 aromatic rings. The summed E-state index contributed by atoms with van der Waals surface area (Å²) in [5, 5.41) is 1.96. The highest BCUT2D eigenvalue weighted by Gasteiger charge is 2.29. The van der Waals surface area contributed by atoms with Crippen LogP contribution in [0.3, 0.4) is 0 Å². The van der Waals surface area contributed by atoms with Crippen molar-refractivity contribution in [1.82, 2.24) is 0 Å². The lowest BCUT2D eigenvalue weighted by Gasteiger charge is -2.17. The van der Waals surface area contributed by atoms with E-state index in [1.807, 2.05) is 36.4 Å². The van der Waals surface area contributed by atoms with E-state index in [2.05, 4.69) is 0 Å². The van der Waals surface area contributed by atoms with Gasteiger partial charge in [0.15, 0.2) is 11.6 Å². The average Bonchev–Trinajstić information content (AvgIpc) is 2.51. The van der Waals surface area contributed by atoms with Gasteiger partial charge >= 0.3 is 0 Å². The fraction of sp³-hybridized carbons (Fsp3) is 0. The van der Waals surface area contributed by atoms with Crippen LogP contribution in [0.25, 0.3) is 10.8 Å². The van der Waals surface area contributed by atoms with Crippen LogP contribution in [0.2, 0.25) is 0 Å². The van der Waals surface area contributed by atoms with E-state index in [1.54, 1.807) is 24.3 Å². The predicted molar refractivity (Wildman–Crippen MR) is 84.5 cm³/mol. The molecule has 0 aromatic heterocycles. The highest BCUT2D eigenvalue weighted by molar-refractivity contribution is 6.29. The molecule has 4 rings (SSSR count). The second-order valence-electron chi connectivity index (χ2n) is 4.95. The third-order valence-electron chi connectivity index (χ3n) is 3.79. The predicted octanol–water partition coefficient (Wildman–Crippen LogP) is 4.04. The van der Waals surface area contributed by atoms with Crippen molar-refractivity contribution < 1.29 is 9.59 Å². The first kappa shape index (κ1) is 13.5. The number of hydrogen-bond donors (Lipinski definition) is 0. The SMILES string of the molecule is Cl.O=C1c2ccccc2C(=O)c2cc3ccccc3cc21. The molecule has 0 saturated carbocycles. The van der Waals surface area contributed by atoms with Crippen LogP contribution in [0.4, 0.5) is 0 Å². The molecule has 0 N–H and O–H groups in total. The number of carbonyl (C=O) groups is 2. The van der Waals surface area contributed by atoms with Gasteiger partial charge in [0.1, 0.15) is 0 Å². The normalized spacial score (nSPS) is 12.6. The molecule has 21 heavy (non-hydrogen) atoms. The number of rotatable bonds is 0. The molecule has 0 spiro atoms. The molecular weight excluding hydrogens is 284 g/mol. The molecule has 0 heterocycles. The van der Waals surface area contributed by atoms with Gasteiger partial charge in [0.25, 0.3) is 0 Å². The van der Waals surface area contributed by atoms with Crippen LogP contribution in [0.5, 0.6) is 0 Å². The van der Waals surface area contributed by atoms with Crippen LogP contribution in [-0.2, 0) is 0 Å². The van der Waals surface area contributed by atoms with Crippen molar-refractivity contribution in [2.24, 2.45) is 0 Å². The molecular formula is C18H11ClO2. The van der Waals surface area contributed by atoms with E-state index >= 15 is 0 Å². The summed E-state index contributed by atoms with van der Waals surface area (Å²) in [5.41, 5.74) is 2.01. The van der Waals surface area contributed by atoms with Crippen LogP contribution in [0, 0.1) is 0 Å². The summed E-state index contributed by atoms with van der Waals surface area (Å²) in [6, 6.07) is 18.4. The minimum atomic E-state index is -0.0686. The Morgan fingerprint density at radius 1 is 0.524 bits per heavy atom. The summed E-state index contributed by atoms with van der Waals surface area (Å²) in [6.45, 7) is 0. The molecule has 0 saturated heterocycles. The summed E-state index contributed by atoms with van der Waals surface area (Å²) < 4.78 is 0. The quantitative estimate of drug-likeness (QED) is 0.490. The molecule has 3 heteroatoms. The Morgan fingerprint density at radius 3 is 1.33 bits per heavy atom. The molecule has 2 nitrogen and oxygen atoms in total. The van der Waals surface area contributed by atoms with E-state index in [9.17, 15) is 9.59 Å². The van der Waals surface area contributed by atoms with Gasteiger partial charge in [-0.1, -0.05) is 48.5 Å². The first-order valence-corrected chi connectivity index (χ1v) is 6.47. The average molecular weight is 295 g/mol. The summed E-state index contributed by atoms with van der Waals surface area (Å²) in [6.07, 6.45) is 0. The highest BCUT2D eigenvalue weighted by Crippen LogP contribution is 2.30. The molecule has 0 radical (unpaired) electrons. The van der Waals surface area contributed by atoms with Crippen LogP contribution < -0.4 is 0 Å². The third-order valence-corrected chi connectivity index (χ3v) is 3.79. The molecule has 0 fully saturated rings. The lowest BCUT2D eigenvalue weighted by molar-refractivity contribution is 0.0979. The van der Waals surface area contributed by atoms with Gasteiger partial charge in [-0.25, -0.2) is 0 Å². The number of hydrogen-bond acceptors (Lipinski definition) is 2. The van der Waals surface area contributed by atoms with Crippen molar-refractivity contribution in [3.05, 3.63) is 82.9 Å². The van der Waals surface area contributed by atoms with E-state index in [1.165, 1.54) is 0 Å². The second-order valence-corrected chi connectivity index (χ2v) is 4.95. The van der Waals surface area contributed by atoms with Crippen LogP contribution >= 0.6 is 12.4 Å². The van der Waals surface area contributed by atoms with Crippen LogP contribution in [0.15, 0.2) is 60.7 Å². The summed E-state index contributed by atoms with van der Waals surface area (Å²) in [5.74, 6) is -0.137. The van der Waals surface area contributed by atoms with E-state index in [-0.39, 0.29) is 24.0 Å². The van der Waals surface area contributed by atoms with Crippen molar-refractivity contribution in [2.75, 3.05) is 0 Å².